The summed E-state index contributed by atoms with van der Waals surface area (Å²) in [5.74, 6) is -0.367. The highest BCUT2D eigenvalue weighted by Crippen LogP contribution is 2.34. The maximum Gasteiger partial charge on any atom is 0.416 e. The second-order valence-electron chi connectivity index (χ2n) is 5.10. The Labute approximate surface area is 162 Å². The lowest BCUT2D eigenvalue weighted by Gasteiger charge is -2.12. The number of nitrogens with one attached hydrogen (secondary N) is 1. The van der Waals surface area contributed by atoms with Gasteiger partial charge < -0.3 is 14.8 Å². The van der Waals surface area contributed by atoms with E-state index in [2.05, 4.69) is 5.32 Å². The van der Waals surface area contributed by atoms with Crippen LogP contribution in [0.1, 0.15) is 5.56 Å². The van der Waals surface area contributed by atoms with Crippen molar-refractivity contribution in [3.63, 3.8) is 0 Å². The summed E-state index contributed by atoms with van der Waals surface area (Å²) >= 11 is 11.7. The van der Waals surface area contributed by atoms with Crippen LogP contribution in [0.5, 0.6) is 11.5 Å². The molecule has 1 amide bonds. The van der Waals surface area contributed by atoms with Crippen LogP contribution in [0.2, 0.25) is 10.0 Å². The van der Waals surface area contributed by atoms with Crippen molar-refractivity contribution in [2.24, 2.45) is 0 Å². The summed E-state index contributed by atoms with van der Waals surface area (Å²) in [5.41, 5.74) is -0.582. The topological polar surface area (TPSA) is 64.6 Å². The molecule has 10 heteroatoms. The zero-order valence-electron chi connectivity index (χ0n) is 13.5. The molecule has 0 unspecified atom stereocenters. The average Bonchev–Trinajstić information content (AvgIpc) is 2.59. The van der Waals surface area contributed by atoms with E-state index in [4.69, 9.17) is 32.7 Å². The summed E-state index contributed by atoms with van der Waals surface area (Å²) < 4.78 is 48.0. The minimum atomic E-state index is -4.53. The van der Waals surface area contributed by atoms with Crippen LogP contribution in [0.25, 0.3) is 0 Å². The third-order valence-electron chi connectivity index (χ3n) is 3.14. The number of alkyl halides is 3. The minimum absolute atomic E-state index is 0.0598. The lowest BCUT2D eigenvalue weighted by Crippen LogP contribution is -2.20. The van der Waals surface area contributed by atoms with Crippen molar-refractivity contribution in [1.82, 2.24) is 0 Å². The number of benzene rings is 2. The number of carbonyl (C=O) groups excluding carboxylic acids is 2. The Balaban J connectivity index is 1.95. The van der Waals surface area contributed by atoms with Crippen molar-refractivity contribution < 1.29 is 32.2 Å². The first-order chi connectivity index (χ1) is 12.7. The molecule has 0 saturated heterocycles. The van der Waals surface area contributed by atoms with E-state index in [1.54, 1.807) is 0 Å². The van der Waals surface area contributed by atoms with Crippen molar-refractivity contribution in [2.75, 3.05) is 18.5 Å². The lowest BCUT2D eigenvalue weighted by atomic mass is 10.2. The first-order valence-corrected chi connectivity index (χ1v) is 8.11. The number of hydrogen-bond donors (Lipinski definition) is 1. The lowest BCUT2D eigenvalue weighted by molar-refractivity contribution is -0.137. The molecule has 0 atom stereocenters. The monoisotopic (exact) mass is 421 g/mol. The van der Waals surface area contributed by atoms with Crippen LogP contribution < -0.4 is 14.8 Å². The van der Waals surface area contributed by atoms with E-state index in [9.17, 15) is 22.8 Å². The maximum absolute atomic E-state index is 12.6. The Morgan fingerprint density at radius 3 is 2.26 bits per heavy atom. The van der Waals surface area contributed by atoms with E-state index in [-0.39, 0.29) is 28.2 Å². The number of carbonyl (C=O) groups is 2. The molecule has 2 rings (SSSR count). The molecule has 0 saturated carbocycles. The molecule has 0 spiro atoms. The van der Waals surface area contributed by atoms with Gasteiger partial charge in [-0.1, -0.05) is 23.2 Å². The van der Waals surface area contributed by atoms with E-state index in [0.717, 1.165) is 12.1 Å². The van der Waals surface area contributed by atoms with Gasteiger partial charge in [0, 0.05) is 5.69 Å². The van der Waals surface area contributed by atoms with Gasteiger partial charge in [0.05, 0.1) is 15.6 Å². The van der Waals surface area contributed by atoms with Crippen molar-refractivity contribution in [3.8, 4) is 11.5 Å². The van der Waals surface area contributed by atoms with Crippen molar-refractivity contribution in [2.45, 2.75) is 6.18 Å². The molecule has 144 valence electrons. The zero-order chi connectivity index (χ0) is 20.0. The van der Waals surface area contributed by atoms with Crippen LogP contribution in [0.15, 0.2) is 36.4 Å². The fourth-order valence-electron chi connectivity index (χ4n) is 1.95. The molecule has 0 fully saturated rings. The summed E-state index contributed by atoms with van der Waals surface area (Å²) in [6.45, 7) is -0.640. The summed E-state index contributed by atoms with van der Waals surface area (Å²) in [6, 6.07) is 6.92. The molecule has 0 aliphatic carbocycles. The molecule has 0 radical (unpaired) electrons. The van der Waals surface area contributed by atoms with Crippen LogP contribution in [0, 0.1) is 0 Å². The summed E-state index contributed by atoms with van der Waals surface area (Å²) in [6.07, 6.45) is -3.96. The average molecular weight is 422 g/mol. The Bertz CT molecular complexity index is 843. The minimum Gasteiger partial charge on any atom is -0.485 e. The molecule has 0 bridgehead atoms. The van der Waals surface area contributed by atoms with E-state index in [1.165, 1.54) is 18.2 Å². The molecular formula is C17H12Cl2F3NO4. The zero-order valence-corrected chi connectivity index (χ0v) is 15.0. The molecule has 0 aliphatic rings. The smallest absolute Gasteiger partial charge is 0.416 e. The predicted molar refractivity (Wildman–Crippen MR) is 93.6 cm³/mol. The summed E-state index contributed by atoms with van der Waals surface area (Å²) in [4.78, 5) is 22.2. The predicted octanol–water partition coefficient (Wildman–Crippen LogP) is 4.61. The number of ether oxygens (including phenoxy) is 2. The molecule has 1 N–H and O–H groups in total. The first-order valence-electron chi connectivity index (χ1n) is 7.36. The van der Waals surface area contributed by atoms with Gasteiger partial charge in [-0.15, -0.1) is 0 Å². The fourth-order valence-corrected chi connectivity index (χ4v) is 2.42. The second kappa shape index (κ2) is 8.96. The van der Waals surface area contributed by atoms with Gasteiger partial charge >= 0.3 is 6.18 Å². The highest BCUT2D eigenvalue weighted by molar-refractivity contribution is 6.32. The van der Waals surface area contributed by atoms with Gasteiger partial charge in [0.15, 0.2) is 12.9 Å². The number of halogens is 5. The van der Waals surface area contributed by atoms with E-state index in [0.29, 0.717) is 18.0 Å². The van der Waals surface area contributed by atoms with E-state index in [1.807, 2.05) is 0 Å². The standard InChI is InChI=1S/C17H12Cl2F3NO4/c18-12-7-10(17(20,21)22)1-3-15(12)27-9-16(25)23-11-2-4-14(13(19)8-11)26-6-5-24/h1-5,7-8H,6,9H2,(H,23,25). The van der Waals surface area contributed by atoms with Crippen LogP contribution in [-0.2, 0) is 15.8 Å². The van der Waals surface area contributed by atoms with Gasteiger partial charge in [0.1, 0.15) is 18.1 Å². The Hall–Kier alpha value is -2.45. The second-order valence-corrected chi connectivity index (χ2v) is 5.92. The molecular weight excluding hydrogens is 410 g/mol. The van der Waals surface area contributed by atoms with Crippen molar-refractivity contribution in [3.05, 3.63) is 52.0 Å². The Morgan fingerprint density at radius 1 is 1.04 bits per heavy atom. The van der Waals surface area contributed by atoms with Crippen LogP contribution in [0.4, 0.5) is 18.9 Å². The third-order valence-corrected chi connectivity index (χ3v) is 3.73. The van der Waals surface area contributed by atoms with Gasteiger partial charge in [-0.3, -0.25) is 9.59 Å². The summed E-state index contributed by atoms with van der Waals surface area (Å²) in [5, 5.41) is 2.41. The SMILES string of the molecule is O=CCOc1ccc(NC(=O)COc2ccc(C(F)(F)F)cc2Cl)cc1Cl. The molecule has 5 nitrogen and oxygen atoms in total. The first kappa shape index (κ1) is 20.9. The quantitative estimate of drug-likeness (QED) is 0.663. The van der Waals surface area contributed by atoms with Crippen molar-refractivity contribution >= 4 is 41.1 Å². The number of aldehydes is 1. The molecule has 2 aromatic rings. The van der Waals surface area contributed by atoms with Gasteiger partial charge in [-0.05, 0) is 36.4 Å². The number of hydrogen-bond acceptors (Lipinski definition) is 4. The number of anilines is 1. The van der Waals surface area contributed by atoms with Gasteiger partial charge in [-0.25, -0.2) is 0 Å². The molecule has 2 aromatic carbocycles. The van der Waals surface area contributed by atoms with Crippen LogP contribution >= 0.6 is 23.2 Å². The van der Waals surface area contributed by atoms with E-state index < -0.39 is 24.3 Å². The fraction of sp³-hybridized carbons (Fsp3) is 0.176. The Morgan fingerprint density at radius 2 is 1.67 bits per heavy atom. The van der Waals surface area contributed by atoms with E-state index >= 15 is 0 Å². The third kappa shape index (κ3) is 6.04. The highest BCUT2D eigenvalue weighted by atomic mass is 35.5. The van der Waals surface area contributed by atoms with Gasteiger partial charge in [0.2, 0.25) is 0 Å². The largest absolute Gasteiger partial charge is 0.485 e. The molecule has 27 heavy (non-hydrogen) atoms. The van der Waals surface area contributed by atoms with Gasteiger partial charge in [-0.2, -0.15) is 13.2 Å². The molecule has 0 aromatic heterocycles. The normalized spacial score (nSPS) is 11.0. The van der Waals surface area contributed by atoms with Crippen LogP contribution in [-0.4, -0.2) is 25.4 Å². The molecule has 0 aliphatic heterocycles. The van der Waals surface area contributed by atoms with Crippen molar-refractivity contribution in [1.29, 1.82) is 0 Å². The van der Waals surface area contributed by atoms with Gasteiger partial charge in [0.25, 0.3) is 5.91 Å². The number of amides is 1. The Kier molecular flexibility index (Phi) is 6.92. The molecule has 0 heterocycles. The highest BCUT2D eigenvalue weighted by Gasteiger charge is 2.31. The maximum atomic E-state index is 12.6. The van der Waals surface area contributed by atoms with Crippen LogP contribution in [0.3, 0.4) is 0 Å². The summed E-state index contributed by atoms with van der Waals surface area (Å²) in [7, 11) is 0. The number of rotatable bonds is 7.